The predicted octanol–water partition coefficient (Wildman–Crippen LogP) is 4.86. The van der Waals surface area contributed by atoms with E-state index in [-0.39, 0.29) is 11.5 Å². The van der Waals surface area contributed by atoms with Crippen LogP contribution in [-0.4, -0.2) is 39.9 Å². The average molecular weight is 493 g/mol. The average Bonchev–Trinajstić information content (AvgIpc) is 3.09. The topological polar surface area (TPSA) is 92.3 Å². The summed E-state index contributed by atoms with van der Waals surface area (Å²) in [5.74, 6) is 1.78. The Bertz CT molecular complexity index is 1030. The van der Waals surface area contributed by atoms with Crippen molar-refractivity contribution < 1.29 is 14.4 Å². The normalized spacial score (nSPS) is 11.9. The summed E-state index contributed by atoms with van der Waals surface area (Å²) in [6, 6.07) is 13.3. The lowest BCUT2D eigenvalue weighted by Crippen LogP contribution is -2.12. The monoisotopic (exact) mass is 492 g/mol. The van der Waals surface area contributed by atoms with Gasteiger partial charge in [0.05, 0.1) is 18.2 Å². The van der Waals surface area contributed by atoms with Crippen molar-refractivity contribution in [1.29, 1.82) is 0 Å². The molecule has 1 atom stereocenters. The SMILES string of the molecule is CCOc1c(Br)cc([C@H](C[N+](=O)[O-])Sc2nnc(C)n2-c2ccccc2)cc1OC. The molecule has 1 aromatic heterocycles. The van der Waals surface area contributed by atoms with Crippen molar-refractivity contribution in [2.45, 2.75) is 24.3 Å². The quantitative estimate of drug-likeness (QED) is 0.239. The van der Waals surface area contributed by atoms with E-state index < -0.39 is 5.25 Å². The van der Waals surface area contributed by atoms with Gasteiger partial charge in [0.2, 0.25) is 6.54 Å². The van der Waals surface area contributed by atoms with E-state index in [1.165, 1.54) is 11.8 Å². The molecule has 0 spiro atoms. The van der Waals surface area contributed by atoms with Crippen LogP contribution in [-0.2, 0) is 0 Å². The van der Waals surface area contributed by atoms with Crippen LogP contribution in [0.15, 0.2) is 52.1 Å². The maximum Gasteiger partial charge on any atom is 0.220 e. The van der Waals surface area contributed by atoms with Crippen LogP contribution in [0.2, 0.25) is 0 Å². The standard InChI is InChI=1S/C20H21BrN4O4S/c1-4-29-19-16(21)10-14(11-17(19)28-3)18(12-24(26)27)30-20-23-22-13(2)25(20)15-8-6-5-7-9-15/h5-11,18H,4,12H2,1-3H3/t18-/m0/s1. The lowest BCUT2D eigenvalue weighted by molar-refractivity contribution is -0.479. The first-order valence-corrected chi connectivity index (χ1v) is 10.9. The number of benzene rings is 2. The number of aromatic nitrogens is 3. The summed E-state index contributed by atoms with van der Waals surface area (Å²) < 4.78 is 13.7. The number of thioether (sulfide) groups is 1. The van der Waals surface area contributed by atoms with Gasteiger partial charge in [-0.3, -0.25) is 14.7 Å². The Morgan fingerprint density at radius 1 is 1.27 bits per heavy atom. The van der Waals surface area contributed by atoms with E-state index in [4.69, 9.17) is 9.47 Å². The van der Waals surface area contributed by atoms with Crippen LogP contribution in [0.4, 0.5) is 0 Å². The highest BCUT2D eigenvalue weighted by Crippen LogP contribution is 2.43. The fourth-order valence-corrected chi connectivity index (χ4v) is 4.71. The number of hydrogen-bond acceptors (Lipinski definition) is 7. The Morgan fingerprint density at radius 2 is 2.00 bits per heavy atom. The molecule has 3 aromatic rings. The first kappa shape index (κ1) is 22.1. The predicted molar refractivity (Wildman–Crippen MR) is 118 cm³/mol. The van der Waals surface area contributed by atoms with E-state index in [1.807, 2.05) is 54.8 Å². The fourth-order valence-electron chi connectivity index (χ4n) is 2.98. The summed E-state index contributed by atoms with van der Waals surface area (Å²) in [5, 5.41) is 19.9. The number of methoxy groups -OCH3 is 1. The zero-order chi connectivity index (χ0) is 21.7. The molecule has 0 amide bonds. The lowest BCUT2D eigenvalue weighted by Gasteiger charge is -2.18. The van der Waals surface area contributed by atoms with Crippen LogP contribution >= 0.6 is 27.7 Å². The first-order chi connectivity index (χ1) is 14.4. The third kappa shape index (κ3) is 4.93. The molecule has 0 aliphatic carbocycles. The zero-order valence-electron chi connectivity index (χ0n) is 16.7. The second kappa shape index (κ2) is 9.94. The first-order valence-electron chi connectivity index (χ1n) is 9.20. The van der Waals surface area contributed by atoms with E-state index in [1.54, 1.807) is 13.2 Å². The largest absolute Gasteiger partial charge is 0.493 e. The van der Waals surface area contributed by atoms with Crippen molar-refractivity contribution in [2.24, 2.45) is 0 Å². The Kier molecular flexibility index (Phi) is 7.33. The summed E-state index contributed by atoms with van der Waals surface area (Å²) >= 11 is 4.79. The Morgan fingerprint density at radius 3 is 2.63 bits per heavy atom. The Balaban J connectivity index is 2.02. The molecule has 0 saturated carbocycles. The molecule has 30 heavy (non-hydrogen) atoms. The number of halogens is 1. The number of rotatable bonds is 9. The van der Waals surface area contributed by atoms with E-state index in [0.29, 0.717) is 33.6 Å². The van der Waals surface area contributed by atoms with Gasteiger partial charge in [0, 0.05) is 10.6 Å². The molecule has 3 rings (SSSR count). The van der Waals surface area contributed by atoms with E-state index in [9.17, 15) is 10.1 Å². The van der Waals surface area contributed by atoms with Crippen molar-refractivity contribution >= 4 is 27.7 Å². The minimum atomic E-state index is -0.507. The summed E-state index contributed by atoms with van der Waals surface area (Å²) in [6.45, 7) is 3.92. The van der Waals surface area contributed by atoms with E-state index >= 15 is 0 Å². The number of hydrogen-bond donors (Lipinski definition) is 0. The molecule has 1 heterocycles. The molecule has 0 fully saturated rings. The second-order valence-electron chi connectivity index (χ2n) is 6.29. The maximum atomic E-state index is 11.4. The molecular weight excluding hydrogens is 472 g/mol. The van der Waals surface area contributed by atoms with Crippen molar-refractivity contribution in [3.8, 4) is 17.2 Å². The Hall–Kier alpha value is -2.59. The molecule has 0 N–H and O–H groups in total. The van der Waals surface area contributed by atoms with Crippen LogP contribution in [0, 0.1) is 17.0 Å². The van der Waals surface area contributed by atoms with Crippen LogP contribution in [0.1, 0.15) is 23.6 Å². The van der Waals surface area contributed by atoms with Crippen LogP contribution < -0.4 is 9.47 Å². The highest BCUT2D eigenvalue weighted by Gasteiger charge is 2.26. The molecule has 8 nitrogen and oxygen atoms in total. The molecule has 0 saturated heterocycles. The zero-order valence-corrected chi connectivity index (χ0v) is 19.1. The van der Waals surface area contributed by atoms with Gasteiger partial charge in [0.1, 0.15) is 11.1 Å². The van der Waals surface area contributed by atoms with Crippen molar-refractivity contribution in [1.82, 2.24) is 14.8 Å². The molecule has 158 valence electrons. The van der Waals surface area contributed by atoms with Gasteiger partial charge in [-0.05, 0) is 59.6 Å². The summed E-state index contributed by atoms with van der Waals surface area (Å²) in [7, 11) is 1.54. The van der Waals surface area contributed by atoms with Crippen LogP contribution in [0.25, 0.3) is 5.69 Å². The minimum absolute atomic E-state index is 0.283. The lowest BCUT2D eigenvalue weighted by atomic mass is 10.1. The fraction of sp³-hybridized carbons (Fsp3) is 0.300. The third-order valence-corrected chi connectivity index (χ3v) is 6.05. The molecule has 0 aliphatic rings. The maximum absolute atomic E-state index is 11.4. The number of nitrogens with zero attached hydrogens (tertiary/aromatic N) is 4. The highest BCUT2D eigenvalue weighted by atomic mass is 79.9. The molecule has 2 aromatic carbocycles. The minimum Gasteiger partial charge on any atom is -0.493 e. The molecule has 0 radical (unpaired) electrons. The van der Waals surface area contributed by atoms with Gasteiger partial charge in [-0.25, -0.2) is 0 Å². The summed E-state index contributed by atoms with van der Waals surface area (Å²) in [5.41, 5.74) is 1.62. The van der Waals surface area contributed by atoms with Gasteiger partial charge in [-0.1, -0.05) is 30.0 Å². The third-order valence-electron chi connectivity index (χ3n) is 4.28. The highest BCUT2D eigenvalue weighted by molar-refractivity contribution is 9.10. The van der Waals surface area contributed by atoms with E-state index in [2.05, 4.69) is 26.1 Å². The summed E-state index contributed by atoms with van der Waals surface area (Å²) in [6.07, 6.45) is 0. The van der Waals surface area contributed by atoms with Crippen molar-refractivity contribution in [3.63, 3.8) is 0 Å². The number of aryl methyl sites for hydroxylation is 1. The Labute approximate surface area is 186 Å². The van der Waals surface area contributed by atoms with Crippen molar-refractivity contribution in [2.75, 3.05) is 20.3 Å². The molecular formula is C20H21BrN4O4S. The molecule has 10 heteroatoms. The number of ether oxygens (including phenoxy) is 2. The summed E-state index contributed by atoms with van der Waals surface area (Å²) in [4.78, 5) is 11.1. The molecule has 0 bridgehead atoms. The van der Waals surface area contributed by atoms with Gasteiger partial charge in [-0.15, -0.1) is 10.2 Å². The number of nitro groups is 1. The van der Waals surface area contributed by atoms with Gasteiger partial charge in [0.15, 0.2) is 16.7 Å². The van der Waals surface area contributed by atoms with E-state index in [0.717, 1.165) is 11.3 Å². The smallest absolute Gasteiger partial charge is 0.220 e. The molecule has 0 unspecified atom stereocenters. The second-order valence-corrected chi connectivity index (χ2v) is 8.31. The van der Waals surface area contributed by atoms with Crippen molar-refractivity contribution in [3.05, 3.63) is 68.4 Å². The van der Waals surface area contributed by atoms with Gasteiger partial charge < -0.3 is 9.47 Å². The van der Waals surface area contributed by atoms with Gasteiger partial charge in [0.25, 0.3) is 0 Å². The van der Waals surface area contributed by atoms with Crippen LogP contribution in [0.5, 0.6) is 11.5 Å². The molecule has 0 aliphatic heterocycles. The van der Waals surface area contributed by atoms with Gasteiger partial charge in [-0.2, -0.15) is 0 Å². The number of para-hydroxylation sites is 1. The van der Waals surface area contributed by atoms with Gasteiger partial charge >= 0.3 is 0 Å². The van der Waals surface area contributed by atoms with Crippen LogP contribution in [0.3, 0.4) is 0 Å².